The number of fused-ring (bicyclic) bond motifs is 2. The van der Waals surface area contributed by atoms with Gasteiger partial charge in [0, 0.05) is 29.8 Å². The summed E-state index contributed by atoms with van der Waals surface area (Å²) in [5, 5.41) is 1.75. The minimum atomic E-state index is 0.764. The largest absolute Gasteiger partial charge is 0.348 e. The maximum absolute atomic E-state index is 5.08. The second-order valence-electron chi connectivity index (χ2n) is 7.81. The molecule has 0 saturated heterocycles. The fourth-order valence-corrected chi connectivity index (χ4v) is 3.80. The molecule has 0 fully saturated rings. The maximum Gasteiger partial charge on any atom is 0.0973 e. The van der Waals surface area contributed by atoms with Crippen LogP contribution in [-0.4, -0.2) is 38.9 Å². The number of hydrogen-bond acceptors (Lipinski definition) is 4. The lowest BCUT2D eigenvalue weighted by Gasteiger charge is -2.12. The van der Waals surface area contributed by atoms with Gasteiger partial charge in [0.1, 0.15) is 0 Å². The molecule has 0 bridgehead atoms. The summed E-state index contributed by atoms with van der Waals surface area (Å²) in [6, 6.07) is 18.9. The summed E-state index contributed by atoms with van der Waals surface area (Å²) >= 11 is 0. The van der Waals surface area contributed by atoms with Crippen molar-refractivity contribution in [1.29, 1.82) is 0 Å². The van der Waals surface area contributed by atoms with Crippen molar-refractivity contribution in [1.82, 2.24) is 24.8 Å². The van der Waals surface area contributed by atoms with E-state index in [1.54, 1.807) is 6.33 Å². The van der Waals surface area contributed by atoms with Crippen LogP contribution < -0.4 is 10.7 Å². The van der Waals surface area contributed by atoms with Gasteiger partial charge in [-0.1, -0.05) is 60.7 Å². The average molecular weight is 393 g/mol. The molecule has 0 atom stereocenters. The molecule has 0 aliphatic heterocycles. The Morgan fingerprint density at radius 2 is 1.57 bits per heavy atom. The molecule has 1 N–H and O–H groups in total. The number of imidazole rings is 1. The summed E-state index contributed by atoms with van der Waals surface area (Å²) in [5.41, 5.74) is 7.21. The number of nitrogens with zero attached hydrogens (tertiary/aromatic N) is 4. The van der Waals surface area contributed by atoms with E-state index in [4.69, 9.17) is 9.97 Å². The smallest absolute Gasteiger partial charge is 0.0973 e. The molecule has 148 valence electrons. The Morgan fingerprint density at radius 3 is 2.30 bits per heavy atom. The third kappa shape index (κ3) is 3.55. The van der Waals surface area contributed by atoms with Crippen LogP contribution >= 0.6 is 0 Å². The van der Waals surface area contributed by atoms with Crippen LogP contribution in [0.1, 0.15) is 17.0 Å². The summed E-state index contributed by atoms with van der Waals surface area (Å²) in [7, 11) is 4.16. The predicted molar refractivity (Wildman–Crippen MR) is 120 cm³/mol. The highest BCUT2D eigenvalue weighted by Crippen LogP contribution is 2.27. The van der Waals surface area contributed by atoms with Crippen LogP contribution in [0.3, 0.4) is 0 Å². The topological polar surface area (TPSA) is 57.7 Å². The van der Waals surface area contributed by atoms with Crippen molar-refractivity contribution in [2.75, 3.05) is 14.1 Å². The van der Waals surface area contributed by atoms with Crippen molar-refractivity contribution in [2.45, 2.75) is 13.0 Å². The first-order valence-corrected chi connectivity index (χ1v) is 10.1. The highest BCUT2D eigenvalue weighted by Gasteiger charge is 2.14. The fourth-order valence-electron chi connectivity index (χ4n) is 3.80. The molecule has 30 heavy (non-hydrogen) atoms. The lowest BCUT2D eigenvalue weighted by Crippen LogP contribution is -2.32. The summed E-state index contributed by atoms with van der Waals surface area (Å²) in [4.78, 5) is 19.9. The molecule has 1 aliphatic rings. The maximum atomic E-state index is 5.08. The van der Waals surface area contributed by atoms with Gasteiger partial charge in [-0.05, 0) is 25.7 Å². The lowest BCUT2D eigenvalue weighted by atomic mass is 10.0. The first-order chi connectivity index (χ1) is 14.7. The molecule has 5 rings (SSSR count). The zero-order chi connectivity index (χ0) is 20.5. The van der Waals surface area contributed by atoms with E-state index in [1.807, 2.05) is 24.3 Å². The molecule has 5 nitrogen and oxygen atoms in total. The van der Waals surface area contributed by atoms with Gasteiger partial charge in [-0.25, -0.2) is 15.0 Å². The fraction of sp³-hybridized carbons (Fsp3) is 0.160. The third-order valence-electron chi connectivity index (χ3n) is 5.25. The van der Waals surface area contributed by atoms with Gasteiger partial charge in [0.15, 0.2) is 0 Å². The van der Waals surface area contributed by atoms with Crippen LogP contribution in [0.25, 0.3) is 34.7 Å². The molecular formula is C25H23N5. The molecule has 5 heteroatoms. The van der Waals surface area contributed by atoms with Crippen molar-refractivity contribution in [3.05, 3.63) is 88.6 Å². The number of nitrogens with one attached hydrogen (secondary N) is 1. The zero-order valence-electron chi connectivity index (χ0n) is 17.1. The predicted octanol–water partition coefficient (Wildman–Crippen LogP) is 2.76. The molecule has 0 radical (unpaired) electrons. The van der Waals surface area contributed by atoms with Crippen molar-refractivity contribution in [2.24, 2.45) is 0 Å². The Kier molecular flexibility index (Phi) is 4.73. The Hall–Kier alpha value is -3.57. The minimum Gasteiger partial charge on any atom is -0.348 e. The van der Waals surface area contributed by atoms with Crippen LogP contribution in [0, 0.1) is 0 Å². The van der Waals surface area contributed by atoms with E-state index >= 15 is 0 Å². The van der Waals surface area contributed by atoms with Crippen molar-refractivity contribution < 1.29 is 0 Å². The quantitative estimate of drug-likeness (QED) is 0.579. The standard InChI is InChI=1S/C25H23N5/c1-30(2)15-17-8-10-19(11-9-17)25-24(18-6-4-3-5-7-18)28-21-13-12-20-22(27-16-26-20)14-23(21)29-25/h3-11,13-14,16H,12,15H2,1-2H3,(H,26,27). The van der Waals surface area contributed by atoms with Crippen LogP contribution in [0.5, 0.6) is 0 Å². The number of H-pyrrole nitrogens is 1. The van der Waals surface area contributed by atoms with Crippen molar-refractivity contribution >= 4 is 12.2 Å². The van der Waals surface area contributed by atoms with E-state index in [2.05, 4.69) is 71.4 Å². The summed E-state index contributed by atoms with van der Waals surface area (Å²) in [5.74, 6) is 0. The van der Waals surface area contributed by atoms with E-state index < -0.39 is 0 Å². The van der Waals surface area contributed by atoms with Crippen LogP contribution in [0.4, 0.5) is 0 Å². The van der Waals surface area contributed by atoms with Crippen LogP contribution in [0.2, 0.25) is 0 Å². The van der Waals surface area contributed by atoms with E-state index in [-0.39, 0.29) is 0 Å². The second kappa shape index (κ2) is 7.69. The van der Waals surface area contributed by atoms with E-state index in [1.165, 1.54) is 5.56 Å². The van der Waals surface area contributed by atoms with E-state index in [9.17, 15) is 0 Å². The Labute approximate surface area is 175 Å². The number of benzene rings is 2. The monoisotopic (exact) mass is 393 g/mol. The molecule has 0 saturated carbocycles. The molecule has 2 aromatic carbocycles. The van der Waals surface area contributed by atoms with Gasteiger partial charge in [0.25, 0.3) is 0 Å². The number of rotatable bonds is 4. The second-order valence-corrected chi connectivity index (χ2v) is 7.81. The number of aromatic amines is 1. The zero-order valence-corrected chi connectivity index (χ0v) is 17.1. The van der Waals surface area contributed by atoms with Gasteiger partial charge in [-0.15, -0.1) is 0 Å². The lowest BCUT2D eigenvalue weighted by molar-refractivity contribution is 0.402. The third-order valence-corrected chi connectivity index (χ3v) is 5.25. The van der Waals surface area contributed by atoms with Gasteiger partial charge in [-0.3, -0.25) is 0 Å². The molecule has 0 spiro atoms. The molecule has 4 aromatic rings. The summed E-state index contributed by atoms with van der Waals surface area (Å²) in [6.07, 6.45) is 6.64. The molecule has 2 heterocycles. The summed E-state index contributed by atoms with van der Waals surface area (Å²) in [6.45, 7) is 0.909. The SMILES string of the molecule is CN(C)Cc1ccc(-c2nc3c(nc2-c2ccccc2)=CCc2[nH]cnc2C=3)cc1. The van der Waals surface area contributed by atoms with Gasteiger partial charge in [0.05, 0.1) is 34.1 Å². The molecule has 2 aromatic heterocycles. The van der Waals surface area contributed by atoms with Gasteiger partial charge >= 0.3 is 0 Å². The molecule has 0 amide bonds. The average Bonchev–Trinajstić information content (AvgIpc) is 3.13. The Morgan fingerprint density at radius 1 is 0.867 bits per heavy atom. The first kappa shape index (κ1) is 18.5. The minimum absolute atomic E-state index is 0.764. The van der Waals surface area contributed by atoms with Gasteiger partial charge in [0.2, 0.25) is 0 Å². The molecule has 1 aliphatic carbocycles. The highest BCUT2D eigenvalue weighted by atomic mass is 15.0. The summed E-state index contributed by atoms with van der Waals surface area (Å²) < 4.78 is 0. The normalized spacial score (nSPS) is 12.5. The van der Waals surface area contributed by atoms with Gasteiger partial charge in [-0.2, -0.15) is 0 Å². The number of aromatic nitrogens is 4. The number of hydrogen-bond donors (Lipinski definition) is 1. The van der Waals surface area contributed by atoms with Crippen LogP contribution in [0.15, 0.2) is 60.9 Å². The van der Waals surface area contributed by atoms with E-state index in [0.29, 0.717) is 0 Å². The van der Waals surface area contributed by atoms with Crippen LogP contribution in [-0.2, 0) is 13.0 Å². The van der Waals surface area contributed by atoms with Crippen molar-refractivity contribution in [3.8, 4) is 22.5 Å². The highest BCUT2D eigenvalue weighted by molar-refractivity contribution is 5.78. The Balaban J connectivity index is 1.71. The molecular weight excluding hydrogens is 370 g/mol. The van der Waals surface area contributed by atoms with Crippen molar-refractivity contribution in [3.63, 3.8) is 0 Å². The Bertz CT molecular complexity index is 1300. The van der Waals surface area contributed by atoms with Gasteiger partial charge < -0.3 is 9.88 Å². The molecule has 0 unspecified atom stereocenters. The first-order valence-electron chi connectivity index (χ1n) is 10.1. The van der Waals surface area contributed by atoms with E-state index in [0.717, 1.165) is 57.6 Å².